The Balaban J connectivity index is 2.12. The fraction of sp³-hybridized carbons (Fsp3) is 0.231. The van der Waals surface area contributed by atoms with Crippen molar-refractivity contribution in [1.82, 2.24) is 9.88 Å². The van der Waals surface area contributed by atoms with Gasteiger partial charge in [0.15, 0.2) is 0 Å². The number of hydrogen-bond donors (Lipinski definition) is 0. The first kappa shape index (κ1) is 13.1. The molecule has 0 aromatic carbocycles. The summed E-state index contributed by atoms with van der Waals surface area (Å²) in [6.07, 6.45) is 1.54. The van der Waals surface area contributed by atoms with Crippen molar-refractivity contribution in [1.29, 1.82) is 0 Å². The topological polar surface area (TPSA) is 33.2 Å². The lowest BCUT2D eigenvalue weighted by molar-refractivity contribution is 0.0780. The highest BCUT2D eigenvalue weighted by molar-refractivity contribution is 7.10. The quantitative estimate of drug-likeness (QED) is 0.863. The van der Waals surface area contributed by atoms with E-state index in [1.807, 2.05) is 12.3 Å². The lowest BCUT2D eigenvalue weighted by atomic mass is 10.2. The first-order valence-corrected chi connectivity index (χ1v) is 6.73. The van der Waals surface area contributed by atoms with Crippen LogP contribution in [0.4, 0.5) is 0 Å². The van der Waals surface area contributed by atoms with Crippen LogP contribution in [0.1, 0.15) is 20.9 Å². The number of aryl methyl sites for hydroxylation is 1. The number of hydrogen-bond acceptors (Lipinski definition) is 3. The van der Waals surface area contributed by atoms with Crippen molar-refractivity contribution in [3.8, 4) is 0 Å². The third-order valence-corrected chi connectivity index (χ3v) is 3.88. The molecule has 2 aromatic rings. The lowest BCUT2D eigenvalue weighted by Crippen LogP contribution is -2.26. The summed E-state index contributed by atoms with van der Waals surface area (Å²) < 4.78 is 0. The van der Waals surface area contributed by atoms with Gasteiger partial charge in [0.1, 0.15) is 5.69 Å². The van der Waals surface area contributed by atoms with E-state index in [1.54, 1.807) is 41.6 Å². The lowest BCUT2D eigenvalue weighted by Gasteiger charge is -2.16. The van der Waals surface area contributed by atoms with Crippen molar-refractivity contribution in [3.05, 3.63) is 50.9 Å². The van der Waals surface area contributed by atoms with Crippen molar-refractivity contribution >= 4 is 28.8 Å². The monoisotopic (exact) mass is 280 g/mol. The fourth-order valence-electron chi connectivity index (χ4n) is 1.57. The number of halogens is 1. The second-order valence-electron chi connectivity index (χ2n) is 4.05. The van der Waals surface area contributed by atoms with Gasteiger partial charge < -0.3 is 4.90 Å². The largest absolute Gasteiger partial charge is 0.335 e. The average molecular weight is 281 g/mol. The predicted molar refractivity (Wildman–Crippen MR) is 74.1 cm³/mol. The summed E-state index contributed by atoms with van der Waals surface area (Å²) in [5.41, 5.74) is 1.58. The average Bonchev–Trinajstić information content (AvgIpc) is 2.74. The van der Waals surface area contributed by atoms with E-state index in [1.165, 1.54) is 10.4 Å². The van der Waals surface area contributed by atoms with Crippen LogP contribution in [-0.4, -0.2) is 22.8 Å². The maximum Gasteiger partial charge on any atom is 0.272 e. The van der Waals surface area contributed by atoms with E-state index >= 15 is 0 Å². The third-order valence-electron chi connectivity index (χ3n) is 2.64. The first-order valence-electron chi connectivity index (χ1n) is 5.48. The molecular weight excluding hydrogens is 268 g/mol. The Hall–Kier alpha value is -1.39. The Morgan fingerprint density at radius 2 is 2.28 bits per heavy atom. The molecule has 0 fully saturated rings. The molecule has 0 saturated heterocycles. The van der Waals surface area contributed by atoms with Gasteiger partial charge in [-0.2, -0.15) is 0 Å². The van der Waals surface area contributed by atoms with Crippen molar-refractivity contribution in [2.75, 3.05) is 7.05 Å². The van der Waals surface area contributed by atoms with Gasteiger partial charge in [-0.3, -0.25) is 9.78 Å². The minimum absolute atomic E-state index is 0.120. The van der Waals surface area contributed by atoms with Crippen LogP contribution < -0.4 is 0 Å². The van der Waals surface area contributed by atoms with Gasteiger partial charge in [0.2, 0.25) is 0 Å². The van der Waals surface area contributed by atoms with Crippen LogP contribution in [0, 0.1) is 6.92 Å². The molecule has 18 heavy (non-hydrogen) atoms. The van der Waals surface area contributed by atoms with Gasteiger partial charge in [-0.05, 0) is 36.1 Å². The van der Waals surface area contributed by atoms with Gasteiger partial charge in [0.25, 0.3) is 5.91 Å². The minimum Gasteiger partial charge on any atom is -0.335 e. The molecule has 2 heterocycles. The molecule has 3 nitrogen and oxygen atoms in total. The summed E-state index contributed by atoms with van der Waals surface area (Å²) in [5, 5.41) is 2.55. The molecule has 0 spiro atoms. The van der Waals surface area contributed by atoms with Crippen molar-refractivity contribution in [3.63, 3.8) is 0 Å². The number of nitrogens with zero attached hydrogens (tertiary/aromatic N) is 2. The molecule has 0 aliphatic rings. The Kier molecular flexibility index (Phi) is 3.99. The van der Waals surface area contributed by atoms with Crippen molar-refractivity contribution in [2.24, 2.45) is 0 Å². The normalized spacial score (nSPS) is 10.4. The summed E-state index contributed by atoms with van der Waals surface area (Å²) >= 11 is 7.51. The van der Waals surface area contributed by atoms with Crippen LogP contribution in [0.5, 0.6) is 0 Å². The Morgan fingerprint density at radius 1 is 1.50 bits per heavy atom. The number of thiophene rings is 1. The zero-order valence-electron chi connectivity index (χ0n) is 10.2. The van der Waals surface area contributed by atoms with E-state index in [-0.39, 0.29) is 5.91 Å². The van der Waals surface area contributed by atoms with Gasteiger partial charge in [-0.15, -0.1) is 11.3 Å². The molecule has 0 aliphatic carbocycles. The van der Waals surface area contributed by atoms with E-state index in [0.717, 1.165) is 0 Å². The highest BCUT2D eigenvalue weighted by atomic mass is 35.5. The summed E-state index contributed by atoms with van der Waals surface area (Å²) in [4.78, 5) is 19.0. The Bertz CT molecular complexity index is 568. The van der Waals surface area contributed by atoms with E-state index in [0.29, 0.717) is 17.3 Å². The molecule has 0 aliphatic heterocycles. The van der Waals surface area contributed by atoms with Crippen LogP contribution >= 0.6 is 22.9 Å². The molecule has 0 unspecified atom stereocenters. The van der Waals surface area contributed by atoms with Crippen molar-refractivity contribution < 1.29 is 4.79 Å². The van der Waals surface area contributed by atoms with Gasteiger partial charge in [-0.25, -0.2) is 0 Å². The molecular formula is C13H13ClN2OS. The molecule has 0 atom stereocenters. The molecule has 0 N–H and O–H groups in total. The summed E-state index contributed by atoms with van der Waals surface area (Å²) in [7, 11) is 1.77. The molecule has 0 radical (unpaired) electrons. The summed E-state index contributed by atoms with van der Waals surface area (Å²) in [5.74, 6) is -0.120. The maximum absolute atomic E-state index is 12.1. The molecule has 2 rings (SSSR count). The molecule has 5 heteroatoms. The van der Waals surface area contributed by atoms with Gasteiger partial charge in [-0.1, -0.05) is 11.6 Å². The predicted octanol–water partition coefficient (Wildman–Crippen LogP) is 3.38. The van der Waals surface area contributed by atoms with Crippen molar-refractivity contribution in [2.45, 2.75) is 13.5 Å². The number of amides is 1. The SMILES string of the molecule is Cc1ccsc1CN(C)C(=O)c1cc(Cl)ccn1. The zero-order chi connectivity index (χ0) is 13.1. The number of pyridine rings is 1. The fourth-order valence-corrected chi connectivity index (χ4v) is 2.69. The third kappa shape index (κ3) is 2.89. The first-order chi connectivity index (χ1) is 8.58. The Labute approximate surface area is 115 Å². The highest BCUT2D eigenvalue weighted by Gasteiger charge is 2.14. The number of aromatic nitrogens is 1. The second-order valence-corrected chi connectivity index (χ2v) is 5.48. The summed E-state index contributed by atoms with van der Waals surface area (Å²) in [6, 6.07) is 5.29. The molecule has 94 valence electrons. The second kappa shape index (κ2) is 5.50. The summed E-state index contributed by atoms with van der Waals surface area (Å²) in [6.45, 7) is 2.64. The zero-order valence-corrected chi connectivity index (χ0v) is 11.8. The van der Waals surface area contributed by atoms with Crippen LogP contribution in [0.2, 0.25) is 5.02 Å². The molecule has 0 bridgehead atoms. The van der Waals surface area contributed by atoms with E-state index in [2.05, 4.69) is 11.1 Å². The Morgan fingerprint density at radius 3 is 2.89 bits per heavy atom. The minimum atomic E-state index is -0.120. The maximum atomic E-state index is 12.1. The van der Waals surface area contributed by atoms with Crippen LogP contribution in [0.15, 0.2) is 29.8 Å². The van der Waals surface area contributed by atoms with Crippen LogP contribution in [0.3, 0.4) is 0 Å². The number of rotatable bonds is 3. The van der Waals surface area contributed by atoms with Gasteiger partial charge in [0.05, 0.1) is 6.54 Å². The smallest absolute Gasteiger partial charge is 0.272 e. The standard InChI is InChI=1S/C13H13ClN2OS/c1-9-4-6-18-12(9)8-16(2)13(17)11-7-10(14)3-5-15-11/h3-7H,8H2,1-2H3. The number of carbonyl (C=O) groups excluding carboxylic acids is 1. The number of carbonyl (C=O) groups is 1. The van der Waals surface area contributed by atoms with E-state index < -0.39 is 0 Å². The van der Waals surface area contributed by atoms with Gasteiger partial charge in [0, 0.05) is 23.1 Å². The highest BCUT2D eigenvalue weighted by Crippen LogP contribution is 2.18. The molecule has 1 amide bonds. The van der Waals surface area contributed by atoms with E-state index in [4.69, 9.17) is 11.6 Å². The van der Waals surface area contributed by atoms with Crippen LogP contribution in [-0.2, 0) is 6.54 Å². The van der Waals surface area contributed by atoms with Gasteiger partial charge >= 0.3 is 0 Å². The molecule has 2 aromatic heterocycles. The van der Waals surface area contributed by atoms with E-state index in [9.17, 15) is 4.79 Å². The van der Waals surface area contributed by atoms with Crippen LogP contribution in [0.25, 0.3) is 0 Å². The molecule has 0 saturated carbocycles.